The largest absolute Gasteiger partial charge is 0.493 e. The fourth-order valence-corrected chi connectivity index (χ4v) is 3.54. The Morgan fingerprint density at radius 3 is 2.47 bits per heavy atom. The molecule has 0 unspecified atom stereocenters. The van der Waals surface area contributed by atoms with Gasteiger partial charge < -0.3 is 29.1 Å². The van der Waals surface area contributed by atoms with Crippen LogP contribution in [0.3, 0.4) is 0 Å². The van der Waals surface area contributed by atoms with Crippen molar-refractivity contribution < 1.29 is 23.5 Å². The predicted molar refractivity (Wildman–Crippen MR) is 137 cm³/mol. The molecular formula is C25H26N4O6S. The summed E-state index contributed by atoms with van der Waals surface area (Å²) in [5, 5.41) is 3.17. The molecule has 36 heavy (non-hydrogen) atoms. The second-order valence-corrected chi connectivity index (χ2v) is 8.09. The summed E-state index contributed by atoms with van der Waals surface area (Å²) in [7, 11) is 6.43. The van der Waals surface area contributed by atoms with Gasteiger partial charge in [-0.1, -0.05) is 0 Å². The molecule has 0 aliphatic heterocycles. The van der Waals surface area contributed by atoms with Gasteiger partial charge in [-0.15, -0.1) is 0 Å². The van der Waals surface area contributed by atoms with Crippen molar-refractivity contribution in [3.63, 3.8) is 0 Å². The summed E-state index contributed by atoms with van der Waals surface area (Å²) in [4.78, 5) is 39.5. The number of methoxy groups -OCH3 is 2. The van der Waals surface area contributed by atoms with E-state index in [1.165, 1.54) is 23.7 Å². The van der Waals surface area contributed by atoms with Crippen LogP contribution in [-0.4, -0.2) is 55.1 Å². The highest BCUT2D eigenvalue weighted by atomic mass is 32.1. The molecule has 2 aromatic heterocycles. The van der Waals surface area contributed by atoms with E-state index in [2.05, 4.69) is 10.3 Å². The van der Waals surface area contributed by atoms with Crippen LogP contribution in [0.25, 0.3) is 16.6 Å². The van der Waals surface area contributed by atoms with E-state index in [0.29, 0.717) is 39.4 Å². The molecule has 0 radical (unpaired) electrons. The zero-order valence-electron chi connectivity index (χ0n) is 20.2. The lowest BCUT2D eigenvalue weighted by molar-refractivity contribution is -0.115. The Kier molecular flexibility index (Phi) is 8.63. The average Bonchev–Trinajstić information content (AvgIpc) is 3.41. The molecule has 4 rings (SSSR count). The second kappa shape index (κ2) is 11.8. The van der Waals surface area contributed by atoms with Gasteiger partial charge in [-0.05, 0) is 54.7 Å². The van der Waals surface area contributed by atoms with Gasteiger partial charge in [0.25, 0.3) is 11.5 Å². The number of carbonyl (C=O) groups excluding carboxylic acids is 2. The van der Waals surface area contributed by atoms with Crippen LogP contribution in [0.2, 0.25) is 0 Å². The molecule has 2 heterocycles. The Hall–Kier alpha value is -4.38. The predicted octanol–water partition coefficient (Wildman–Crippen LogP) is 3.29. The van der Waals surface area contributed by atoms with E-state index in [-0.39, 0.29) is 22.8 Å². The molecule has 0 bridgehead atoms. The number of ether oxygens (including phenoxy) is 2. The second-order valence-electron chi connectivity index (χ2n) is 7.70. The first kappa shape index (κ1) is 26.2. The minimum atomic E-state index is -0.312. The first-order valence-corrected chi connectivity index (χ1v) is 11.1. The number of benzene rings is 2. The van der Waals surface area contributed by atoms with Crippen LogP contribution in [0.15, 0.2) is 64.0 Å². The van der Waals surface area contributed by atoms with Crippen LogP contribution in [0.4, 0.5) is 0 Å². The molecule has 0 aliphatic rings. The number of nitrogens with one attached hydrogen (secondary N) is 2. The van der Waals surface area contributed by atoms with E-state index in [1.54, 1.807) is 68.9 Å². The van der Waals surface area contributed by atoms with E-state index in [0.717, 1.165) is 6.41 Å². The van der Waals surface area contributed by atoms with Crippen molar-refractivity contribution in [2.75, 3.05) is 28.3 Å². The fraction of sp³-hybridized carbons (Fsp3) is 0.200. The number of carbonyl (C=O) groups is 2. The molecule has 2 N–H and O–H groups in total. The number of aromatic amines is 1. The number of furan rings is 1. The van der Waals surface area contributed by atoms with Gasteiger partial charge in [0.15, 0.2) is 16.3 Å². The van der Waals surface area contributed by atoms with Crippen molar-refractivity contribution in [3.8, 4) is 17.2 Å². The first-order valence-electron chi connectivity index (χ1n) is 10.7. The summed E-state index contributed by atoms with van der Waals surface area (Å²) in [5.74, 6) is 1.37. The van der Waals surface area contributed by atoms with Gasteiger partial charge in [-0.2, -0.15) is 0 Å². The molecule has 11 heteroatoms. The Balaban J connectivity index is 0.000000658. The molecule has 0 fully saturated rings. The van der Waals surface area contributed by atoms with Gasteiger partial charge in [0.05, 0.1) is 43.6 Å². The number of fused-ring (bicyclic) bond motifs is 1. The topological polar surface area (TPSA) is 119 Å². The molecule has 0 saturated heterocycles. The fourth-order valence-electron chi connectivity index (χ4n) is 3.24. The van der Waals surface area contributed by atoms with Crippen LogP contribution in [0.5, 0.6) is 11.5 Å². The number of aromatic nitrogens is 2. The molecule has 0 aliphatic carbocycles. The third-order valence-electron chi connectivity index (χ3n) is 5.00. The minimum Gasteiger partial charge on any atom is -0.493 e. The van der Waals surface area contributed by atoms with E-state index >= 15 is 0 Å². The molecule has 0 atom stereocenters. The van der Waals surface area contributed by atoms with Crippen LogP contribution in [0.1, 0.15) is 16.1 Å². The van der Waals surface area contributed by atoms with Gasteiger partial charge in [-0.25, -0.2) is 0 Å². The van der Waals surface area contributed by atoms with Crippen LogP contribution < -0.4 is 20.3 Å². The number of hydrogen-bond donors (Lipinski definition) is 2. The van der Waals surface area contributed by atoms with Gasteiger partial charge in [-0.3, -0.25) is 19.0 Å². The summed E-state index contributed by atoms with van der Waals surface area (Å²) in [6.45, 7) is 0.265. The molecule has 10 nitrogen and oxygen atoms in total. The van der Waals surface area contributed by atoms with Gasteiger partial charge in [0.1, 0.15) is 5.76 Å². The van der Waals surface area contributed by atoms with E-state index < -0.39 is 0 Å². The molecule has 188 valence electrons. The van der Waals surface area contributed by atoms with Crippen LogP contribution >= 0.6 is 12.2 Å². The minimum absolute atomic E-state index is 0.192. The third kappa shape index (κ3) is 5.99. The normalized spacial score (nSPS) is 10.2. The highest BCUT2D eigenvalue weighted by molar-refractivity contribution is 7.71. The summed E-state index contributed by atoms with van der Waals surface area (Å²) >= 11 is 5.43. The van der Waals surface area contributed by atoms with Crippen molar-refractivity contribution in [2.24, 2.45) is 0 Å². The Bertz CT molecular complexity index is 1470. The maximum absolute atomic E-state index is 13.2. The lowest BCUT2D eigenvalue weighted by Gasteiger charge is -2.12. The van der Waals surface area contributed by atoms with Crippen molar-refractivity contribution in [3.05, 3.63) is 81.2 Å². The number of hydrogen-bond acceptors (Lipinski definition) is 7. The maximum atomic E-state index is 13.2. The monoisotopic (exact) mass is 510 g/mol. The van der Waals surface area contributed by atoms with Gasteiger partial charge >= 0.3 is 0 Å². The lowest BCUT2D eigenvalue weighted by atomic mass is 10.1. The third-order valence-corrected chi connectivity index (χ3v) is 5.28. The summed E-state index contributed by atoms with van der Waals surface area (Å²) < 4.78 is 17.3. The summed E-state index contributed by atoms with van der Waals surface area (Å²) in [5.41, 5.74) is 1.09. The smallest absolute Gasteiger partial charge is 0.266 e. The van der Waals surface area contributed by atoms with Crippen LogP contribution in [-0.2, 0) is 11.3 Å². The number of amides is 2. The highest BCUT2D eigenvalue weighted by Crippen LogP contribution is 2.29. The van der Waals surface area contributed by atoms with E-state index in [9.17, 15) is 14.4 Å². The molecule has 4 aromatic rings. The molecule has 2 amide bonds. The SMILES string of the molecule is CN(C)C=O.COc1ccc(-n2c(=S)[nH]c3cc(C(=O)NCc4ccco4)ccc3c2=O)cc1OC. The Labute approximate surface area is 212 Å². The van der Waals surface area contributed by atoms with Crippen molar-refractivity contribution >= 4 is 35.4 Å². The van der Waals surface area contributed by atoms with Crippen molar-refractivity contribution in [1.82, 2.24) is 19.8 Å². The average molecular weight is 511 g/mol. The number of nitrogens with zero attached hydrogens (tertiary/aromatic N) is 2. The summed E-state index contributed by atoms with van der Waals surface area (Å²) in [6, 6.07) is 13.4. The van der Waals surface area contributed by atoms with Gasteiger partial charge in [0.2, 0.25) is 6.41 Å². The first-order chi connectivity index (χ1) is 17.3. The lowest BCUT2D eigenvalue weighted by Crippen LogP contribution is -2.23. The van der Waals surface area contributed by atoms with Crippen molar-refractivity contribution in [2.45, 2.75) is 6.54 Å². The zero-order chi connectivity index (χ0) is 26.2. The number of H-pyrrole nitrogens is 1. The van der Waals surface area contributed by atoms with Crippen molar-refractivity contribution in [1.29, 1.82) is 0 Å². The quantitative estimate of drug-likeness (QED) is 0.289. The Morgan fingerprint density at radius 2 is 1.86 bits per heavy atom. The van der Waals surface area contributed by atoms with Crippen LogP contribution in [0, 0.1) is 4.77 Å². The standard InChI is InChI=1S/C22H19N3O5S.C3H7NO/c1-28-18-8-6-14(11-19(18)29-2)25-21(27)16-7-5-13(10-17(16)24-22(25)31)20(26)23-12-15-4-3-9-30-15;1-4(2)3-5/h3-11H,12H2,1-2H3,(H,23,26)(H,24,31);3H,1-2H3. The van der Waals surface area contributed by atoms with Gasteiger partial charge in [0, 0.05) is 25.7 Å². The molecule has 2 aromatic carbocycles. The Morgan fingerprint density at radius 1 is 1.14 bits per heavy atom. The molecule has 0 saturated carbocycles. The zero-order valence-corrected chi connectivity index (χ0v) is 21.0. The maximum Gasteiger partial charge on any atom is 0.266 e. The number of rotatable bonds is 7. The highest BCUT2D eigenvalue weighted by Gasteiger charge is 2.13. The van der Waals surface area contributed by atoms with E-state index in [4.69, 9.17) is 26.1 Å². The molecule has 0 spiro atoms. The molecular weight excluding hydrogens is 484 g/mol. The van der Waals surface area contributed by atoms with E-state index in [1.807, 2.05) is 0 Å². The summed E-state index contributed by atoms with van der Waals surface area (Å²) in [6.07, 6.45) is 2.29.